The lowest BCUT2D eigenvalue weighted by Gasteiger charge is -2.26. The molecular formula is C30H36O8. The van der Waals surface area contributed by atoms with Crippen LogP contribution in [0.3, 0.4) is 0 Å². The highest BCUT2D eigenvalue weighted by atomic mass is 16.5. The number of esters is 2. The van der Waals surface area contributed by atoms with Crippen molar-refractivity contribution in [3.8, 4) is 0 Å². The van der Waals surface area contributed by atoms with Crippen molar-refractivity contribution in [3.05, 3.63) is 70.8 Å². The maximum Gasteiger partial charge on any atom is 0.309 e. The third-order valence-corrected chi connectivity index (χ3v) is 6.65. The van der Waals surface area contributed by atoms with Crippen LogP contribution in [-0.2, 0) is 32.3 Å². The molecule has 8 heteroatoms. The molecule has 0 spiro atoms. The smallest absolute Gasteiger partial charge is 0.309 e. The summed E-state index contributed by atoms with van der Waals surface area (Å²) in [5.41, 5.74) is -0.745. The largest absolute Gasteiger partial charge is 0.461 e. The molecule has 8 nitrogen and oxygen atoms in total. The minimum absolute atomic E-state index is 0.0490. The average molecular weight is 525 g/mol. The van der Waals surface area contributed by atoms with Crippen LogP contribution < -0.4 is 0 Å². The molecule has 2 unspecified atom stereocenters. The van der Waals surface area contributed by atoms with Gasteiger partial charge >= 0.3 is 11.9 Å². The Balaban J connectivity index is 1.47. The minimum atomic E-state index is -1.46. The Morgan fingerprint density at radius 3 is 1.34 bits per heavy atom. The summed E-state index contributed by atoms with van der Waals surface area (Å²) in [6.07, 6.45) is 2.34. The van der Waals surface area contributed by atoms with E-state index >= 15 is 0 Å². The first-order chi connectivity index (χ1) is 17.8. The third kappa shape index (κ3) is 7.82. The van der Waals surface area contributed by atoms with Crippen molar-refractivity contribution >= 4 is 23.5 Å². The number of Topliss-reactive ketones (excluding diaryl/α,β-unsaturated/α-hetero) is 2. The molecule has 0 saturated heterocycles. The van der Waals surface area contributed by atoms with Crippen LogP contribution in [0.5, 0.6) is 0 Å². The molecule has 0 aliphatic heterocycles. The van der Waals surface area contributed by atoms with Gasteiger partial charge in [-0.05, 0) is 58.1 Å². The topological polar surface area (TPSA) is 127 Å². The van der Waals surface area contributed by atoms with E-state index in [-0.39, 0.29) is 36.7 Å². The number of rotatable bonds is 10. The summed E-state index contributed by atoms with van der Waals surface area (Å²) in [5, 5.41) is 19.7. The van der Waals surface area contributed by atoms with Crippen LogP contribution >= 0.6 is 0 Å². The molecule has 1 aliphatic carbocycles. The van der Waals surface area contributed by atoms with Gasteiger partial charge in [0.05, 0.1) is 11.8 Å². The van der Waals surface area contributed by atoms with Gasteiger partial charge in [-0.1, -0.05) is 55.0 Å². The summed E-state index contributed by atoms with van der Waals surface area (Å²) in [7, 11) is 0. The van der Waals surface area contributed by atoms with Crippen molar-refractivity contribution in [1.29, 1.82) is 0 Å². The van der Waals surface area contributed by atoms with E-state index in [0.29, 0.717) is 47.9 Å². The van der Waals surface area contributed by atoms with Gasteiger partial charge in [0.15, 0.2) is 11.6 Å². The number of ketones is 2. The molecule has 1 fully saturated rings. The monoisotopic (exact) mass is 524 g/mol. The van der Waals surface area contributed by atoms with Crippen molar-refractivity contribution in [1.82, 2.24) is 0 Å². The lowest BCUT2D eigenvalue weighted by atomic mass is 9.81. The van der Waals surface area contributed by atoms with Gasteiger partial charge in [0.1, 0.15) is 24.4 Å². The van der Waals surface area contributed by atoms with Gasteiger partial charge in [-0.25, -0.2) is 0 Å². The number of ether oxygens (including phenoxy) is 2. The van der Waals surface area contributed by atoms with Gasteiger partial charge < -0.3 is 19.7 Å². The Labute approximate surface area is 223 Å². The van der Waals surface area contributed by atoms with E-state index < -0.39 is 23.0 Å². The Bertz CT molecular complexity index is 1060. The van der Waals surface area contributed by atoms with Crippen molar-refractivity contribution in [2.45, 2.75) is 77.8 Å². The standard InChI is InChI=1S/C30H36O8/c1-29(2,35)25(31)21-12-8-19(9-13-21)17-37-27(33)23-6-5-7-24(16-23)28(34)38-18-20-10-14-22(15-11-20)26(32)30(3,4)36/h8-15,23-24,35-36H,5-7,16-18H2,1-4H3. The summed E-state index contributed by atoms with van der Waals surface area (Å²) >= 11 is 0. The van der Waals surface area contributed by atoms with E-state index in [1.54, 1.807) is 48.5 Å². The number of aliphatic hydroxyl groups is 2. The van der Waals surface area contributed by atoms with Crippen LogP contribution in [0.25, 0.3) is 0 Å². The number of carbonyl (C=O) groups is 4. The van der Waals surface area contributed by atoms with Crippen LogP contribution in [0.4, 0.5) is 0 Å². The molecule has 0 aromatic heterocycles. The Kier molecular flexibility index (Phi) is 9.22. The first-order valence-corrected chi connectivity index (χ1v) is 12.8. The predicted octanol–water partition coefficient (Wildman–Crippen LogP) is 4.19. The molecule has 0 heterocycles. The fourth-order valence-corrected chi connectivity index (χ4v) is 4.37. The molecule has 3 rings (SSSR count). The molecule has 0 bridgehead atoms. The van der Waals surface area contributed by atoms with Gasteiger partial charge in [-0.3, -0.25) is 19.2 Å². The maximum absolute atomic E-state index is 12.7. The van der Waals surface area contributed by atoms with Crippen molar-refractivity contribution in [2.24, 2.45) is 11.8 Å². The molecule has 0 amide bonds. The van der Waals surface area contributed by atoms with Crippen molar-refractivity contribution in [3.63, 3.8) is 0 Å². The number of hydrogen-bond acceptors (Lipinski definition) is 8. The molecule has 1 aliphatic rings. The average Bonchev–Trinajstić information content (AvgIpc) is 2.89. The number of benzene rings is 2. The minimum Gasteiger partial charge on any atom is -0.461 e. The summed E-state index contributed by atoms with van der Waals surface area (Å²) in [6, 6.07) is 13.1. The summed E-state index contributed by atoms with van der Waals surface area (Å²) < 4.78 is 11.0. The van der Waals surface area contributed by atoms with Crippen molar-refractivity contribution in [2.75, 3.05) is 0 Å². The first-order valence-electron chi connectivity index (χ1n) is 12.8. The molecule has 2 aromatic carbocycles. The first kappa shape index (κ1) is 29.2. The zero-order valence-electron chi connectivity index (χ0n) is 22.4. The quantitative estimate of drug-likeness (QED) is 0.350. The van der Waals surface area contributed by atoms with E-state index in [2.05, 4.69) is 0 Å². The lowest BCUT2D eigenvalue weighted by Crippen LogP contribution is -2.31. The fraction of sp³-hybridized carbons (Fsp3) is 0.467. The second-order valence-electron chi connectivity index (χ2n) is 10.9. The fourth-order valence-electron chi connectivity index (χ4n) is 4.37. The van der Waals surface area contributed by atoms with Crippen LogP contribution in [-0.4, -0.2) is 44.9 Å². The van der Waals surface area contributed by atoms with Crippen LogP contribution in [0.15, 0.2) is 48.5 Å². The van der Waals surface area contributed by atoms with E-state index in [1.165, 1.54) is 27.7 Å². The van der Waals surface area contributed by atoms with Crippen LogP contribution in [0.2, 0.25) is 0 Å². The molecule has 2 atom stereocenters. The third-order valence-electron chi connectivity index (χ3n) is 6.65. The highest BCUT2D eigenvalue weighted by Crippen LogP contribution is 2.31. The molecule has 2 N–H and O–H groups in total. The summed E-state index contributed by atoms with van der Waals surface area (Å²) in [6.45, 7) is 5.82. The van der Waals surface area contributed by atoms with Crippen LogP contribution in [0.1, 0.15) is 85.2 Å². The van der Waals surface area contributed by atoms with E-state index in [1.807, 2.05) is 0 Å². The second kappa shape index (κ2) is 12.0. The normalized spacial score (nSPS) is 17.9. The van der Waals surface area contributed by atoms with Gasteiger partial charge in [-0.15, -0.1) is 0 Å². The molecule has 0 radical (unpaired) electrons. The zero-order valence-corrected chi connectivity index (χ0v) is 22.4. The summed E-state index contributed by atoms with van der Waals surface area (Å²) in [4.78, 5) is 49.6. The summed E-state index contributed by atoms with van der Waals surface area (Å²) in [5.74, 6) is -2.32. The maximum atomic E-state index is 12.7. The van der Waals surface area contributed by atoms with E-state index in [9.17, 15) is 29.4 Å². The van der Waals surface area contributed by atoms with E-state index in [0.717, 1.165) is 0 Å². The lowest BCUT2D eigenvalue weighted by molar-refractivity contribution is -0.156. The number of hydrogen-bond donors (Lipinski definition) is 2. The number of carbonyl (C=O) groups excluding carboxylic acids is 4. The SMILES string of the molecule is CC(C)(O)C(=O)c1ccc(COC(=O)C2CCCC(C(=O)OCc3ccc(C(=O)C(C)(C)O)cc3)C2)cc1. The Hall–Kier alpha value is -3.36. The molecule has 204 valence electrons. The highest BCUT2D eigenvalue weighted by Gasteiger charge is 2.33. The Morgan fingerprint density at radius 1 is 0.684 bits per heavy atom. The van der Waals surface area contributed by atoms with Gasteiger partial charge in [-0.2, -0.15) is 0 Å². The van der Waals surface area contributed by atoms with Gasteiger partial charge in [0.2, 0.25) is 0 Å². The highest BCUT2D eigenvalue weighted by molar-refractivity contribution is 6.02. The van der Waals surface area contributed by atoms with Gasteiger partial charge in [0.25, 0.3) is 0 Å². The second-order valence-corrected chi connectivity index (χ2v) is 10.9. The molecule has 1 saturated carbocycles. The zero-order chi connectivity index (χ0) is 28.1. The molecular weight excluding hydrogens is 488 g/mol. The Morgan fingerprint density at radius 2 is 1.03 bits per heavy atom. The predicted molar refractivity (Wildman–Crippen MR) is 139 cm³/mol. The molecule has 2 aromatic rings. The van der Waals surface area contributed by atoms with Gasteiger partial charge in [0, 0.05) is 11.1 Å². The molecule has 38 heavy (non-hydrogen) atoms. The van der Waals surface area contributed by atoms with Crippen LogP contribution in [0, 0.1) is 11.8 Å². The van der Waals surface area contributed by atoms with E-state index in [4.69, 9.17) is 9.47 Å². The van der Waals surface area contributed by atoms with Crippen molar-refractivity contribution < 1.29 is 38.9 Å².